The van der Waals surface area contributed by atoms with Gasteiger partial charge in [0.1, 0.15) is 11.6 Å². The van der Waals surface area contributed by atoms with Crippen molar-refractivity contribution in [2.45, 2.75) is 44.9 Å². The zero-order valence-electron chi connectivity index (χ0n) is 18.4. The highest BCUT2D eigenvalue weighted by Gasteiger charge is 2.31. The average Bonchev–Trinajstić information content (AvgIpc) is 3.10. The fraction of sp³-hybridized carbons (Fsp3) is 0.400. The number of fused-ring (bicyclic) bond motifs is 1. The first-order valence-corrected chi connectivity index (χ1v) is 11.3. The summed E-state index contributed by atoms with van der Waals surface area (Å²) in [5.41, 5.74) is 2.09. The highest BCUT2D eigenvalue weighted by atomic mass is 16.5. The normalized spacial score (nSPS) is 19.0. The third kappa shape index (κ3) is 4.39. The summed E-state index contributed by atoms with van der Waals surface area (Å²) >= 11 is 0. The van der Waals surface area contributed by atoms with E-state index in [1.807, 2.05) is 53.2 Å². The summed E-state index contributed by atoms with van der Waals surface area (Å²) in [5, 5.41) is 8.01. The van der Waals surface area contributed by atoms with Crippen LogP contribution in [0.2, 0.25) is 0 Å². The molecule has 1 amide bonds. The minimum absolute atomic E-state index is 0.115. The summed E-state index contributed by atoms with van der Waals surface area (Å²) in [4.78, 5) is 20.3. The van der Waals surface area contributed by atoms with Crippen molar-refractivity contribution in [3.8, 4) is 17.1 Å². The third-order valence-electron chi connectivity index (χ3n) is 6.43. The molecule has 0 radical (unpaired) electrons. The van der Waals surface area contributed by atoms with Crippen LogP contribution in [0.5, 0.6) is 5.75 Å². The second-order valence-corrected chi connectivity index (χ2v) is 8.71. The average molecular weight is 432 g/mol. The summed E-state index contributed by atoms with van der Waals surface area (Å²) in [6.07, 6.45) is 3.36. The number of ether oxygens (including phenoxy) is 1. The summed E-state index contributed by atoms with van der Waals surface area (Å²) in [6, 6.07) is 18.4. The molecule has 0 saturated heterocycles. The Hall–Kier alpha value is -3.19. The molecule has 1 atom stereocenters. The Kier molecular flexibility index (Phi) is 5.90. The van der Waals surface area contributed by atoms with Gasteiger partial charge in [0.25, 0.3) is 0 Å². The molecule has 5 rings (SSSR count). The quantitative estimate of drug-likeness (QED) is 0.649. The number of carbonyl (C=O) groups is 1. The molecule has 166 valence electrons. The molecule has 2 heterocycles. The molecule has 1 aromatic heterocycles. The molecule has 1 aliphatic heterocycles. The maximum Gasteiger partial charge on any atom is 0.226 e. The SMILES string of the molecule is COc1ccccc1CN1Cc2nc(-c3ccccc3)nn2C[C@@H](C(=O)NC2CCC2)C1. The predicted octanol–water partition coefficient (Wildman–Crippen LogP) is 3.25. The topological polar surface area (TPSA) is 72.3 Å². The minimum Gasteiger partial charge on any atom is -0.496 e. The van der Waals surface area contributed by atoms with Crippen LogP contribution in [-0.4, -0.2) is 45.3 Å². The number of rotatable bonds is 6. The molecule has 2 aliphatic rings. The van der Waals surface area contributed by atoms with Gasteiger partial charge in [-0.1, -0.05) is 48.5 Å². The Morgan fingerprint density at radius 1 is 1.09 bits per heavy atom. The zero-order valence-corrected chi connectivity index (χ0v) is 18.4. The van der Waals surface area contributed by atoms with Crippen LogP contribution in [-0.2, 0) is 24.4 Å². The maximum absolute atomic E-state index is 13.1. The summed E-state index contributed by atoms with van der Waals surface area (Å²) in [7, 11) is 1.69. The first kappa shape index (κ1) is 20.7. The van der Waals surface area contributed by atoms with Gasteiger partial charge in [0, 0.05) is 30.3 Å². The molecule has 1 aliphatic carbocycles. The molecular formula is C25H29N5O2. The number of carbonyl (C=O) groups excluding carboxylic acids is 1. The maximum atomic E-state index is 13.1. The standard InChI is InChI=1S/C25H29N5O2/c1-32-22-13-6-5-10-19(22)14-29-15-20(25(31)26-21-11-7-12-21)16-30-23(17-29)27-24(28-30)18-8-3-2-4-9-18/h2-6,8-10,13,20-21H,7,11-12,14-17H2,1H3,(H,26,31)/t20-/m0/s1. The number of methoxy groups -OCH3 is 1. The van der Waals surface area contributed by atoms with Gasteiger partial charge in [0.2, 0.25) is 5.91 Å². The van der Waals surface area contributed by atoms with Crippen molar-refractivity contribution in [3.05, 3.63) is 66.0 Å². The number of nitrogens with one attached hydrogen (secondary N) is 1. The molecule has 0 bridgehead atoms. The van der Waals surface area contributed by atoms with Gasteiger partial charge >= 0.3 is 0 Å². The van der Waals surface area contributed by atoms with Crippen LogP contribution in [0.25, 0.3) is 11.4 Å². The van der Waals surface area contributed by atoms with Gasteiger partial charge in [-0.25, -0.2) is 9.67 Å². The number of aromatic nitrogens is 3. The van der Waals surface area contributed by atoms with Gasteiger partial charge in [0.05, 0.1) is 26.1 Å². The second-order valence-electron chi connectivity index (χ2n) is 8.71. The Balaban J connectivity index is 1.43. The Morgan fingerprint density at radius 3 is 2.62 bits per heavy atom. The predicted molar refractivity (Wildman–Crippen MR) is 122 cm³/mol. The van der Waals surface area contributed by atoms with Crippen LogP contribution in [0.4, 0.5) is 0 Å². The van der Waals surface area contributed by atoms with Crippen LogP contribution in [0.1, 0.15) is 30.7 Å². The number of hydrogen-bond donors (Lipinski definition) is 1. The number of para-hydroxylation sites is 1. The molecule has 7 heteroatoms. The summed E-state index contributed by atoms with van der Waals surface area (Å²) < 4.78 is 7.49. The van der Waals surface area contributed by atoms with Gasteiger partial charge in [-0.15, -0.1) is 0 Å². The molecule has 0 unspecified atom stereocenters. The van der Waals surface area contributed by atoms with Gasteiger partial charge in [0.15, 0.2) is 5.82 Å². The van der Waals surface area contributed by atoms with Crippen LogP contribution in [0.15, 0.2) is 54.6 Å². The minimum atomic E-state index is -0.183. The highest BCUT2D eigenvalue weighted by Crippen LogP contribution is 2.25. The van der Waals surface area contributed by atoms with Crippen molar-refractivity contribution in [1.29, 1.82) is 0 Å². The lowest BCUT2D eigenvalue weighted by Gasteiger charge is -2.29. The van der Waals surface area contributed by atoms with Crippen molar-refractivity contribution in [1.82, 2.24) is 25.0 Å². The van der Waals surface area contributed by atoms with E-state index in [2.05, 4.69) is 16.3 Å². The van der Waals surface area contributed by atoms with Crippen LogP contribution >= 0.6 is 0 Å². The summed E-state index contributed by atoms with van der Waals surface area (Å²) in [6.45, 7) is 2.51. The molecule has 3 aromatic rings. The Labute approximate surface area is 188 Å². The fourth-order valence-corrected chi connectivity index (χ4v) is 4.42. The number of hydrogen-bond acceptors (Lipinski definition) is 5. The number of amides is 1. The van der Waals surface area contributed by atoms with Gasteiger partial charge in [-0.05, 0) is 25.3 Å². The number of nitrogens with zero attached hydrogens (tertiary/aromatic N) is 4. The van der Waals surface area contributed by atoms with Crippen molar-refractivity contribution in [3.63, 3.8) is 0 Å². The molecule has 32 heavy (non-hydrogen) atoms. The van der Waals surface area contributed by atoms with Gasteiger partial charge in [-0.2, -0.15) is 5.10 Å². The Morgan fingerprint density at radius 2 is 1.88 bits per heavy atom. The lowest BCUT2D eigenvalue weighted by Crippen LogP contribution is -2.46. The lowest BCUT2D eigenvalue weighted by molar-refractivity contribution is -0.127. The molecule has 1 N–H and O–H groups in total. The van der Waals surface area contributed by atoms with Crippen LogP contribution < -0.4 is 10.1 Å². The first-order valence-electron chi connectivity index (χ1n) is 11.3. The van der Waals surface area contributed by atoms with Gasteiger partial charge < -0.3 is 10.1 Å². The largest absolute Gasteiger partial charge is 0.496 e. The van der Waals surface area contributed by atoms with E-state index in [-0.39, 0.29) is 11.8 Å². The van der Waals surface area contributed by atoms with E-state index in [0.29, 0.717) is 38.0 Å². The van der Waals surface area contributed by atoms with Crippen molar-refractivity contribution >= 4 is 5.91 Å². The lowest BCUT2D eigenvalue weighted by atomic mass is 9.92. The van der Waals surface area contributed by atoms with E-state index in [1.54, 1.807) is 7.11 Å². The third-order valence-corrected chi connectivity index (χ3v) is 6.43. The van der Waals surface area contributed by atoms with E-state index >= 15 is 0 Å². The van der Waals surface area contributed by atoms with E-state index in [4.69, 9.17) is 14.8 Å². The molecule has 1 saturated carbocycles. The second kappa shape index (κ2) is 9.12. The fourth-order valence-electron chi connectivity index (χ4n) is 4.42. The van der Waals surface area contributed by atoms with Crippen LogP contribution in [0, 0.1) is 5.92 Å². The van der Waals surface area contributed by atoms with Gasteiger partial charge in [-0.3, -0.25) is 9.69 Å². The highest BCUT2D eigenvalue weighted by molar-refractivity contribution is 5.79. The smallest absolute Gasteiger partial charge is 0.226 e. The van der Waals surface area contributed by atoms with E-state index in [0.717, 1.165) is 35.5 Å². The molecule has 0 spiro atoms. The first-order chi connectivity index (χ1) is 15.7. The van der Waals surface area contributed by atoms with E-state index < -0.39 is 0 Å². The molecule has 1 fully saturated rings. The summed E-state index contributed by atoms with van der Waals surface area (Å²) in [5.74, 6) is 2.38. The molecular weight excluding hydrogens is 402 g/mol. The van der Waals surface area contributed by atoms with Crippen molar-refractivity contribution in [2.75, 3.05) is 13.7 Å². The Bertz CT molecular complexity index is 1080. The van der Waals surface area contributed by atoms with E-state index in [1.165, 1.54) is 6.42 Å². The van der Waals surface area contributed by atoms with Crippen molar-refractivity contribution in [2.24, 2.45) is 5.92 Å². The van der Waals surface area contributed by atoms with Crippen molar-refractivity contribution < 1.29 is 9.53 Å². The zero-order chi connectivity index (χ0) is 21.9. The van der Waals surface area contributed by atoms with Crippen LogP contribution in [0.3, 0.4) is 0 Å². The number of benzene rings is 2. The molecule has 2 aromatic carbocycles. The van der Waals surface area contributed by atoms with E-state index in [9.17, 15) is 4.79 Å². The monoisotopic (exact) mass is 431 g/mol. The molecule has 7 nitrogen and oxygen atoms in total.